The Kier molecular flexibility index (Phi) is 7.54. The first kappa shape index (κ1) is 26.4. The number of anilines is 3. The third kappa shape index (κ3) is 5.07. The van der Waals surface area contributed by atoms with Gasteiger partial charge in [0.05, 0.1) is 20.8 Å². The molecule has 38 heavy (non-hydrogen) atoms. The summed E-state index contributed by atoms with van der Waals surface area (Å²) < 4.78 is 0. The van der Waals surface area contributed by atoms with E-state index in [4.69, 9.17) is 46.4 Å². The first-order valence-electron chi connectivity index (χ1n) is 11.6. The van der Waals surface area contributed by atoms with Gasteiger partial charge in [0, 0.05) is 43.1 Å². The number of nitrogens with one attached hydrogen (secondary N) is 1. The highest BCUT2D eigenvalue weighted by Crippen LogP contribution is 2.38. The molecule has 2 aliphatic rings. The molecule has 3 aromatic rings. The van der Waals surface area contributed by atoms with Crippen LogP contribution in [0.5, 0.6) is 0 Å². The third-order valence-corrected chi connectivity index (χ3v) is 7.70. The highest BCUT2D eigenvalue weighted by Gasteiger charge is 2.40. The maximum absolute atomic E-state index is 13.2. The van der Waals surface area contributed by atoms with Crippen molar-refractivity contribution < 1.29 is 14.4 Å². The van der Waals surface area contributed by atoms with Gasteiger partial charge in [-0.25, -0.2) is 4.90 Å². The van der Waals surface area contributed by atoms with Crippen LogP contribution >= 0.6 is 46.4 Å². The van der Waals surface area contributed by atoms with Gasteiger partial charge in [0.25, 0.3) is 17.7 Å². The zero-order valence-electron chi connectivity index (χ0n) is 19.8. The molecule has 1 saturated heterocycles. The second kappa shape index (κ2) is 10.9. The van der Waals surface area contributed by atoms with Crippen LogP contribution in [0.1, 0.15) is 10.4 Å². The smallest absolute Gasteiger partial charge is 0.283 e. The summed E-state index contributed by atoms with van der Waals surface area (Å²) in [5.74, 6) is -1.60. The molecule has 0 radical (unpaired) electrons. The molecule has 3 amide bonds. The fourth-order valence-corrected chi connectivity index (χ4v) is 5.22. The van der Waals surface area contributed by atoms with Gasteiger partial charge in [0.1, 0.15) is 10.7 Å². The van der Waals surface area contributed by atoms with Gasteiger partial charge < -0.3 is 15.1 Å². The van der Waals surface area contributed by atoms with Crippen LogP contribution in [0, 0.1) is 0 Å². The maximum atomic E-state index is 13.2. The number of para-hydroxylation sites is 1. The number of hydrogen-bond acceptors (Lipinski definition) is 5. The molecule has 3 aromatic carbocycles. The Morgan fingerprint density at radius 2 is 1.42 bits per heavy atom. The van der Waals surface area contributed by atoms with E-state index in [1.54, 1.807) is 29.2 Å². The Morgan fingerprint density at radius 1 is 0.737 bits per heavy atom. The van der Waals surface area contributed by atoms with Gasteiger partial charge in [-0.2, -0.15) is 0 Å². The molecule has 2 aliphatic heterocycles. The van der Waals surface area contributed by atoms with E-state index in [-0.39, 0.29) is 37.4 Å². The largest absolute Gasteiger partial charge is 0.368 e. The Morgan fingerprint density at radius 3 is 2.13 bits per heavy atom. The topological polar surface area (TPSA) is 73.0 Å². The van der Waals surface area contributed by atoms with Crippen LogP contribution in [0.25, 0.3) is 0 Å². The lowest BCUT2D eigenvalue weighted by atomic mass is 10.1. The summed E-state index contributed by atoms with van der Waals surface area (Å²) >= 11 is 24.5. The average Bonchev–Trinajstić information content (AvgIpc) is 3.14. The van der Waals surface area contributed by atoms with E-state index in [1.807, 2.05) is 18.2 Å². The lowest BCUT2D eigenvalue weighted by Crippen LogP contribution is -2.48. The van der Waals surface area contributed by atoms with Crippen molar-refractivity contribution in [1.29, 1.82) is 0 Å². The second-order valence-corrected chi connectivity index (χ2v) is 10.3. The number of imide groups is 1. The number of carbonyl (C=O) groups excluding carboxylic acids is 3. The number of amides is 3. The number of halogens is 4. The maximum Gasteiger partial charge on any atom is 0.283 e. The molecule has 0 saturated carbocycles. The van der Waals surface area contributed by atoms with Gasteiger partial charge >= 0.3 is 0 Å². The molecule has 11 heteroatoms. The van der Waals surface area contributed by atoms with E-state index in [2.05, 4.69) is 22.3 Å². The van der Waals surface area contributed by atoms with Crippen LogP contribution in [-0.4, -0.2) is 48.8 Å². The predicted molar refractivity (Wildman–Crippen MR) is 151 cm³/mol. The molecule has 0 unspecified atom stereocenters. The second-order valence-electron chi connectivity index (χ2n) is 8.67. The van der Waals surface area contributed by atoms with Crippen molar-refractivity contribution in [2.24, 2.45) is 0 Å². The quantitative estimate of drug-likeness (QED) is 0.290. The molecule has 194 valence electrons. The zero-order chi connectivity index (χ0) is 27.0. The van der Waals surface area contributed by atoms with Crippen LogP contribution in [0.3, 0.4) is 0 Å². The Hall–Kier alpha value is -3.23. The first-order chi connectivity index (χ1) is 18.2. The number of hydrogen-bond donors (Lipinski definition) is 1. The molecular formula is C27H20Cl4N4O3. The minimum absolute atomic E-state index is 0.0598. The molecule has 0 spiro atoms. The van der Waals surface area contributed by atoms with Gasteiger partial charge in [-0.3, -0.25) is 14.4 Å². The molecule has 1 N–H and O–H groups in total. The highest BCUT2D eigenvalue weighted by atomic mass is 35.5. The van der Waals surface area contributed by atoms with Crippen molar-refractivity contribution in [2.75, 3.05) is 41.3 Å². The normalized spacial score (nSPS) is 15.9. The van der Waals surface area contributed by atoms with E-state index >= 15 is 0 Å². The summed E-state index contributed by atoms with van der Waals surface area (Å²) in [6.45, 7) is 2.60. The number of nitrogens with zero attached hydrogens (tertiary/aromatic N) is 3. The summed E-state index contributed by atoms with van der Waals surface area (Å²) in [5, 5.41) is 2.95. The summed E-state index contributed by atoms with van der Waals surface area (Å²) in [4.78, 5) is 44.1. The lowest BCUT2D eigenvalue weighted by molar-refractivity contribution is -0.120. The summed E-state index contributed by atoms with van der Waals surface area (Å²) in [5.41, 5.74) is 1.92. The molecule has 0 aromatic heterocycles. The van der Waals surface area contributed by atoms with Crippen molar-refractivity contribution in [3.63, 3.8) is 0 Å². The van der Waals surface area contributed by atoms with Crippen molar-refractivity contribution >= 4 is 81.2 Å². The monoisotopic (exact) mass is 588 g/mol. The van der Waals surface area contributed by atoms with Crippen molar-refractivity contribution in [1.82, 2.24) is 4.90 Å². The summed E-state index contributed by atoms with van der Waals surface area (Å²) in [6, 6.07) is 19.4. The standard InChI is InChI=1S/C27H20Cl4N4O3/c28-19-14-21(30)22(15-20(19)29)35-26(37)23(31)24(27(35)38)32-17-6-4-5-16(13-17)25(36)34-11-9-33(10-12-34)18-7-2-1-3-8-18/h1-8,13-15,32H,9-12H2. The molecule has 0 atom stereocenters. The van der Waals surface area contributed by atoms with Crippen molar-refractivity contribution in [2.45, 2.75) is 0 Å². The fraction of sp³-hybridized carbons (Fsp3) is 0.148. The minimum atomic E-state index is -0.761. The predicted octanol–water partition coefficient (Wildman–Crippen LogP) is 6.04. The summed E-state index contributed by atoms with van der Waals surface area (Å²) in [7, 11) is 0. The Balaban J connectivity index is 1.30. The molecule has 2 heterocycles. The van der Waals surface area contributed by atoms with Crippen LogP contribution in [-0.2, 0) is 9.59 Å². The minimum Gasteiger partial charge on any atom is -0.368 e. The van der Waals surface area contributed by atoms with Crippen molar-refractivity contribution in [3.05, 3.63) is 98.1 Å². The van der Waals surface area contributed by atoms with Gasteiger partial charge in [-0.15, -0.1) is 0 Å². The number of benzene rings is 3. The number of carbonyl (C=O) groups is 3. The average molecular weight is 590 g/mol. The Labute approximate surface area is 239 Å². The SMILES string of the molecule is O=C(c1cccc(NC2=C(Cl)C(=O)N(c3cc(Cl)c(Cl)cc3Cl)C2=O)c1)N1CCN(c2ccccc2)CC1. The van der Waals surface area contributed by atoms with Gasteiger partial charge in [0.2, 0.25) is 0 Å². The van der Waals surface area contributed by atoms with E-state index in [1.165, 1.54) is 12.1 Å². The zero-order valence-corrected chi connectivity index (χ0v) is 22.8. The van der Waals surface area contributed by atoms with Gasteiger partial charge in [-0.05, 0) is 42.5 Å². The van der Waals surface area contributed by atoms with Crippen molar-refractivity contribution in [3.8, 4) is 0 Å². The molecule has 7 nitrogen and oxygen atoms in total. The van der Waals surface area contributed by atoms with E-state index < -0.39 is 11.8 Å². The molecule has 1 fully saturated rings. The van der Waals surface area contributed by atoms with E-state index in [0.717, 1.165) is 23.7 Å². The van der Waals surface area contributed by atoms with Crippen LogP contribution in [0.2, 0.25) is 15.1 Å². The number of rotatable bonds is 5. The lowest BCUT2D eigenvalue weighted by Gasteiger charge is -2.36. The molecule has 0 aliphatic carbocycles. The van der Waals surface area contributed by atoms with E-state index in [9.17, 15) is 14.4 Å². The van der Waals surface area contributed by atoms with Crippen LogP contribution < -0.4 is 15.1 Å². The third-order valence-electron chi connectivity index (χ3n) is 6.33. The van der Waals surface area contributed by atoms with Gasteiger partial charge in [0.15, 0.2) is 0 Å². The highest BCUT2D eigenvalue weighted by molar-refractivity contribution is 6.54. The van der Waals surface area contributed by atoms with Gasteiger partial charge in [-0.1, -0.05) is 70.7 Å². The first-order valence-corrected chi connectivity index (χ1v) is 13.1. The fourth-order valence-electron chi connectivity index (χ4n) is 4.38. The van der Waals surface area contributed by atoms with E-state index in [0.29, 0.717) is 24.3 Å². The Bertz CT molecular complexity index is 1470. The summed E-state index contributed by atoms with van der Waals surface area (Å²) in [6.07, 6.45) is 0. The van der Waals surface area contributed by atoms with Crippen LogP contribution in [0.4, 0.5) is 17.1 Å². The van der Waals surface area contributed by atoms with Crippen LogP contribution in [0.15, 0.2) is 77.5 Å². The molecule has 5 rings (SSSR count). The number of piperazine rings is 1. The molecular weight excluding hydrogens is 570 g/mol. The molecule has 0 bridgehead atoms.